The van der Waals surface area contributed by atoms with Crippen LogP contribution < -0.4 is 34.9 Å². The minimum atomic E-state index is -5.08. The van der Waals surface area contributed by atoms with Crippen molar-refractivity contribution in [1.29, 1.82) is 0 Å². The number of para-hydroxylation sites is 2. The first-order valence-corrected chi connectivity index (χ1v) is 16.2. The second-order valence-corrected chi connectivity index (χ2v) is 11.6. The minimum Gasteiger partial charge on any atom is -0.493 e. The molecule has 4 aromatic rings. The average Bonchev–Trinajstić information content (AvgIpc) is 3.55. The number of methoxy groups -OCH3 is 3. The molecule has 1 atom stereocenters. The summed E-state index contributed by atoms with van der Waals surface area (Å²) in [6, 6.07) is 26.6. The molecule has 52 heavy (non-hydrogen) atoms. The Morgan fingerprint density at radius 1 is 0.846 bits per heavy atom. The van der Waals surface area contributed by atoms with Crippen molar-refractivity contribution in [3.05, 3.63) is 107 Å². The summed E-state index contributed by atoms with van der Waals surface area (Å²) in [6.45, 7) is 0.537. The molecule has 0 heterocycles. The Morgan fingerprint density at radius 2 is 1.50 bits per heavy atom. The van der Waals surface area contributed by atoms with E-state index in [9.17, 15) is 22.8 Å². The summed E-state index contributed by atoms with van der Waals surface area (Å²) in [5, 5.41) is 10.2. The molecule has 276 valence electrons. The maximum Gasteiger partial charge on any atom is 0.490 e. The van der Waals surface area contributed by atoms with Gasteiger partial charge in [-0.2, -0.15) is 13.2 Å². The standard InChI is InChI=1S/C36H39N3O6.C2HF3O2/c1-42-32-20-25(21-33(43-2)36(32)44-3)23-39(30-13-6-7-14-31(30)45-27-11-8-9-24(19-27)22-37)35(41)18-17-34(40)38-29-16-15-26-10-4-5-12-28(26)29;3-2(4,5)1(6)7/h4-14,19-21,29H,15-18,22-23,37H2,1-3H3,(H,38,40);(H,6,7). The van der Waals surface area contributed by atoms with Crippen molar-refractivity contribution < 1.29 is 51.6 Å². The Balaban J connectivity index is 0.000000785. The van der Waals surface area contributed by atoms with Crippen molar-refractivity contribution in [2.24, 2.45) is 5.73 Å². The van der Waals surface area contributed by atoms with Crippen molar-refractivity contribution in [2.75, 3.05) is 26.2 Å². The highest BCUT2D eigenvalue weighted by Gasteiger charge is 2.38. The van der Waals surface area contributed by atoms with Crippen LogP contribution in [0.25, 0.3) is 0 Å². The SMILES string of the molecule is COc1cc(CN(C(=O)CCC(=O)NC2CCc3ccccc32)c2ccccc2Oc2cccc(CN)c2)cc(OC)c1OC.O=C(O)C(F)(F)F. The van der Waals surface area contributed by atoms with E-state index >= 15 is 0 Å². The number of carboxylic acids is 1. The predicted molar refractivity (Wildman–Crippen MR) is 187 cm³/mol. The van der Waals surface area contributed by atoms with Gasteiger partial charge >= 0.3 is 12.1 Å². The molecule has 0 saturated carbocycles. The molecule has 1 aliphatic rings. The zero-order chi connectivity index (χ0) is 37.8. The van der Waals surface area contributed by atoms with E-state index in [0.717, 1.165) is 29.5 Å². The third kappa shape index (κ3) is 10.2. The number of anilines is 1. The molecule has 2 amide bonds. The Labute approximate surface area is 299 Å². The largest absolute Gasteiger partial charge is 0.493 e. The van der Waals surface area contributed by atoms with Crippen LogP contribution in [0.3, 0.4) is 0 Å². The second kappa shape index (κ2) is 17.9. The van der Waals surface area contributed by atoms with Gasteiger partial charge in [0.1, 0.15) is 5.75 Å². The predicted octanol–water partition coefficient (Wildman–Crippen LogP) is 6.71. The number of nitrogens with zero attached hydrogens (tertiary/aromatic N) is 1. The minimum absolute atomic E-state index is 0.00160. The Hall–Kier alpha value is -5.76. The number of rotatable bonds is 13. The fourth-order valence-corrected chi connectivity index (χ4v) is 5.68. The number of amides is 2. The zero-order valence-corrected chi connectivity index (χ0v) is 28.9. The lowest BCUT2D eigenvalue weighted by Gasteiger charge is -2.26. The highest BCUT2D eigenvalue weighted by atomic mass is 19.4. The van der Waals surface area contributed by atoms with E-state index in [2.05, 4.69) is 17.4 Å². The summed E-state index contributed by atoms with van der Waals surface area (Å²) in [7, 11) is 4.63. The normalized spacial score (nSPS) is 13.2. The highest BCUT2D eigenvalue weighted by molar-refractivity contribution is 5.96. The molecule has 0 radical (unpaired) electrons. The van der Waals surface area contributed by atoms with Crippen LogP contribution in [0.1, 0.15) is 47.6 Å². The molecule has 4 aromatic carbocycles. The highest BCUT2D eigenvalue weighted by Crippen LogP contribution is 2.40. The van der Waals surface area contributed by atoms with Crippen LogP contribution in [0.4, 0.5) is 18.9 Å². The number of halogens is 3. The van der Waals surface area contributed by atoms with E-state index in [1.54, 1.807) is 38.4 Å². The van der Waals surface area contributed by atoms with Gasteiger partial charge in [0.25, 0.3) is 0 Å². The van der Waals surface area contributed by atoms with Gasteiger partial charge in [-0.05, 0) is 71.5 Å². The van der Waals surface area contributed by atoms with Gasteiger partial charge in [-0.25, -0.2) is 4.79 Å². The van der Waals surface area contributed by atoms with Crippen molar-refractivity contribution in [3.8, 4) is 28.7 Å². The van der Waals surface area contributed by atoms with Gasteiger partial charge in [0.15, 0.2) is 17.2 Å². The Bertz CT molecular complexity index is 1840. The molecular formula is C38H40F3N3O8. The van der Waals surface area contributed by atoms with E-state index in [-0.39, 0.29) is 37.2 Å². The number of aryl methyl sites for hydroxylation is 1. The molecule has 0 fully saturated rings. The Morgan fingerprint density at radius 3 is 2.13 bits per heavy atom. The number of carboxylic acid groups (broad SMARTS) is 1. The molecule has 0 spiro atoms. The maximum absolute atomic E-state index is 14.0. The fourth-order valence-electron chi connectivity index (χ4n) is 5.68. The first-order chi connectivity index (χ1) is 24.9. The number of ether oxygens (including phenoxy) is 4. The third-order valence-electron chi connectivity index (χ3n) is 8.16. The number of fused-ring (bicyclic) bond motifs is 1. The lowest BCUT2D eigenvalue weighted by atomic mass is 10.1. The van der Waals surface area contributed by atoms with Gasteiger partial charge in [-0.1, -0.05) is 48.5 Å². The molecule has 0 saturated heterocycles. The summed E-state index contributed by atoms with van der Waals surface area (Å²) >= 11 is 0. The molecule has 0 bridgehead atoms. The van der Waals surface area contributed by atoms with Crippen molar-refractivity contribution in [2.45, 2.75) is 51.0 Å². The maximum atomic E-state index is 14.0. The van der Waals surface area contributed by atoms with E-state index in [4.69, 9.17) is 34.6 Å². The number of benzene rings is 4. The molecule has 0 aliphatic heterocycles. The van der Waals surface area contributed by atoms with Crippen LogP contribution in [-0.4, -0.2) is 50.4 Å². The molecule has 11 nitrogen and oxygen atoms in total. The van der Waals surface area contributed by atoms with Crippen LogP contribution in [-0.2, 0) is 33.9 Å². The first kappa shape index (κ1) is 39.0. The van der Waals surface area contributed by atoms with Gasteiger partial charge in [0.05, 0.1) is 39.6 Å². The Kier molecular flexibility index (Phi) is 13.5. The lowest BCUT2D eigenvalue weighted by molar-refractivity contribution is -0.192. The number of nitrogens with one attached hydrogen (secondary N) is 1. The van der Waals surface area contributed by atoms with E-state index in [1.165, 1.54) is 5.56 Å². The van der Waals surface area contributed by atoms with Gasteiger partial charge < -0.3 is 40.0 Å². The lowest BCUT2D eigenvalue weighted by Crippen LogP contribution is -2.33. The summed E-state index contributed by atoms with van der Waals surface area (Å²) in [5.74, 6) is -0.681. The number of nitrogens with two attached hydrogens (primary N) is 1. The first-order valence-electron chi connectivity index (χ1n) is 16.2. The summed E-state index contributed by atoms with van der Waals surface area (Å²) < 4.78 is 54.7. The number of carbonyl (C=O) groups excluding carboxylic acids is 2. The number of hydrogen-bond acceptors (Lipinski definition) is 8. The molecule has 5 rings (SSSR count). The molecule has 1 aliphatic carbocycles. The molecule has 14 heteroatoms. The van der Waals surface area contributed by atoms with E-state index < -0.39 is 12.1 Å². The van der Waals surface area contributed by atoms with Crippen LogP contribution in [0, 0.1) is 0 Å². The monoisotopic (exact) mass is 723 g/mol. The summed E-state index contributed by atoms with van der Waals surface area (Å²) in [6.07, 6.45) is -3.26. The number of hydrogen-bond donors (Lipinski definition) is 3. The van der Waals surface area contributed by atoms with E-state index in [0.29, 0.717) is 41.0 Å². The fraction of sp³-hybridized carbons (Fsp3) is 0.289. The van der Waals surface area contributed by atoms with Crippen LogP contribution in [0.5, 0.6) is 28.7 Å². The number of aliphatic carboxylic acids is 1. The third-order valence-corrected chi connectivity index (χ3v) is 8.16. The topological polar surface area (TPSA) is 150 Å². The zero-order valence-electron chi connectivity index (χ0n) is 28.9. The van der Waals surface area contributed by atoms with Crippen molar-refractivity contribution in [1.82, 2.24) is 5.32 Å². The van der Waals surface area contributed by atoms with Gasteiger partial charge in [0.2, 0.25) is 17.6 Å². The van der Waals surface area contributed by atoms with Crippen LogP contribution >= 0.6 is 0 Å². The summed E-state index contributed by atoms with van der Waals surface area (Å²) in [4.78, 5) is 37.6. The van der Waals surface area contributed by atoms with Crippen molar-refractivity contribution >= 4 is 23.5 Å². The van der Waals surface area contributed by atoms with Gasteiger partial charge in [-0.15, -0.1) is 0 Å². The molecule has 1 unspecified atom stereocenters. The molecule has 4 N–H and O–H groups in total. The number of carbonyl (C=O) groups is 3. The average molecular weight is 724 g/mol. The molecule has 0 aromatic heterocycles. The van der Waals surface area contributed by atoms with E-state index in [1.807, 2.05) is 60.7 Å². The summed E-state index contributed by atoms with van der Waals surface area (Å²) in [5.41, 5.74) is 10.5. The van der Waals surface area contributed by atoms with Gasteiger partial charge in [0, 0.05) is 19.4 Å². The smallest absolute Gasteiger partial charge is 0.490 e. The number of alkyl halides is 3. The van der Waals surface area contributed by atoms with Crippen molar-refractivity contribution in [3.63, 3.8) is 0 Å². The van der Waals surface area contributed by atoms with Crippen LogP contribution in [0.2, 0.25) is 0 Å². The quantitative estimate of drug-likeness (QED) is 0.137. The second-order valence-electron chi connectivity index (χ2n) is 11.6. The molecular weight excluding hydrogens is 683 g/mol. The van der Waals surface area contributed by atoms with Gasteiger partial charge in [-0.3, -0.25) is 9.59 Å². The van der Waals surface area contributed by atoms with Crippen LogP contribution in [0.15, 0.2) is 84.9 Å².